The molecule has 5 rings (SSSR count). The molecular formula is C30H19F5N2O2. The summed E-state index contributed by atoms with van der Waals surface area (Å²) in [6.45, 7) is 1.91. The molecule has 39 heavy (non-hydrogen) atoms. The van der Waals surface area contributed by atoms with Gasteiger partial charge >= 0.3 is 0 Å². The molecule has 0 saturated heterocycles. The predicted molar refractivity (Wildman–Crippen MR) is 133 cm³/mol. The minimum atomic E-state index is -2.35. The molecule has 0 bridgehead atoms. The van der Waals surface area contributed by atoms with Gasteiger partial charge in [-0.15, -0.1) is 0 Å². The molecule has 4 nitrogen and oxygen atoms in total. The third-order valence-electron chi connectivity index (χ3n) is 6.41. The molecule has 0 fully saturated rings. The number of rotatable bonds is 7. The molecule has 0 amide bonds. The Hall–Kier alpha value is -4.79. The fraction of sp³-hybridized carbons (Fsp3) is 0.0667. The van der Waals surface area contributed by atoms with Crippen molar-refractivity contribution < 1.29 is 31.5 Å². The quantitative estimate of drug-likeness (QED) is 0.102. The van der Waals surface area contributed by atoms with E-state index in [-0.39, 0.29) is 11.5 Å². The van der Waals surface area contributed by atoms with Gasteiger partial charge in [0.2, 0.25) is 17.4 Å². The van der Waals surface area contributed by atoms with Crippen LogP contribution in [-0.4, -0.2) is 21.5 Å². The highest BCUT2D eigenvalue weighted by atomic mass is 19.2. The third kappa shape index (κ3) is 4.67. The van der Waals surface area contributed by atoms with E-state index in [1.165, 1.54) is 12.1 Å². The monoisotopic (exact) mass is 534 g/mol. The number of halogens is 5. The fourth-order valence-electron chi connectivity index (χ4n) is 4.40. The van der Waals surface area contributed by atoms with Gasteiger partial charge in [-0.05, 0) is 36.8 Å². The maximum absolute atomic E-state index is 14.3. The van der Waals surface area contributed by atoms with Gasteiger partial charge in [0.1, 0.15) is 5.56 Å². The SMILES string of the molecule is Cc1ccc(C(=O)c2ccc(C(c3ccccc3)c3ccc(C(=O)c4c(F)c(F)c(F)c(F)c4F)[nH]3)[nH]2)cc1. The van der Waals surface area contributed by atoms with E-state index >= 15 is 0 Å². The summed E-state index contributed by atoms with van der Waals surface area (Å²) in [6, 6.07) is 22.1. The van der Waals surface area contributed by atoms with Crippen LogP contribution in [0.3, 0.4) is 0 Å². The van der Waals surface area contributed by atoms with Gasteiger partial charge in [0, 0.05) is 17.0 Å². The highest BCUT2D eigenvalue weighted by molar-refractivity contribution is 6.08. The normalized spacial score (nSPS) is 11.9. The summed E-state index contributed by atoms with van der Waals surface area (Å²) in [5, 5.41) is 0. The zero-order chi connectivity index (χ0) is 27.8. The van der Waals surface area contributed by atoms with Crippen LogP contribution in [0.15, 0.2) is 78.9 Å². The lowest BCUT2D eigenvalue weighted by Crippen LogP contribution is -2.14. The van der Waals surface area contributed by atoms with Crippen LogP contribution in [-0.2, 0) is 0 Å². The first kappa shape index (κ1) is 25.8. The molecular weight excluding hydrogens is 515 g/mol. The zero-order valence-corrected chi connectivity index (χ0v) is 20.3. The smallest absolute Gasteiger partial charge is 0.215 e. The van der Waals surface area contributed by atoms with Crippen molar-refractivity contribution in [2.75, 3.05) is 0 Å². The molecule has 2 heterocycles. The van der Waals surface area contributed by atoms with Crippen LogP contribution in [0.2, 0.25) is 0 Å². The topological polar surface area (TPSA) is 65.7 Å². The van der Waals surface area contributed by atoms with E-state index in [1.807, 2.05) is 19.1 Å². The Morgan fingerprint density at radius 2 is 1.08 bits per heavy atom. The van der Waals surface area contributed by atoms with E-state index < -0.39 is 46.4 Å². The molecule has 9 heteroatoms. The van der Waals surface area contributed by atoms with Crippen LogP contribution in [0.1, 0.15) is 60.5 Å². The van der Waals surface area contributed by atoms with Crippen LogP contribution in [0, 0.1) is 36.0 Å². The van der Waals surface area contributed by atoms with Gasteiger partial charge < -0.3 is 9.97 Å². The fourth-order valence-corrected chi connectivity index (χ4v) is 4.40. The molecule has 5 aromatic rings. The van der Waals surface area contributed by atoms with E-state index in [9.17, 15) is 31.5 Å². The van der Waals surface area contributed by atoms with Crippen LogP contribution in [0.5, 0.6) is 0 Å². The highest BCUT2D eigenvalue weighted by Gasteiger charge is 2.31. The number of aryl methyl sites for hydroxylation is 1. The van der Waals surface area contributed by atoms with E-state index in [0.29, 0.717) is 22.6 Å². The number of hydrogen-bond acceptors (Lipinski definition) is 2. The predicted octanol–water partition coefficient (Wildman–Crippen LogP) is 6.99. The van der Waals surface area contributed by atoms with Gasteiger partial charge in [-0.25, -0.2) is 22.0 Å². The second-order valence-corrected chi connectivity index (χ2v) is 8.97. The number of benzene rings is 3. The highest BCUT2D eigenvalue weighted by Crippen LogP contribution is 2.32. The Balaban J connectivity index is 1.54. The Labute approximate surface area is 219 Å². The number of nitrogens with one attached hydrogen (secondary N) is 2. The summed E-state index contributed by atoms with van der Waals surface area (Å²) < 4.78 is 69.4. The first-order chi connectivity index (χ1) is 18.7. The second-order valence-electron chi connectivity index (χ2n) is 8.97. The van der Waals surface area contributed by atoms with Gasteiger partial charge in [0.15, 0.2) is 23.3 Å². The van der Waals surface area contributed by atoms with Crippen LogP contribution in [0.25, 0.3) is 0 Å². The van der Waals surface area contributed by atoms with E-state index in [1.54, 1.807) is 54.6 Å². The lowest BCUT2D eigenvalue weighted by Gasteiger charge is -2.15. The number of hydrogen-bond donors (Lipinski definition) is 2. The number of H-pyrrole nitrogens is 2. The molecule has 0 radical (unpaired) electrons. The van der Waals surface area contributed by atoms with Gasteiger partial charge in [-0.2, -0.15) is 0 Å². The van der Waals surface area contributed by atoms with Crippen molar-refractivity contribution in [2.24, 2.45) is 0 Å². The lowest BCUT2D eigenvalue weighted by atomic mass is 9.93. The molecule has 0 aliphatic heterocycles. The molecule has 0 aliphatic carbocycles. The molecule has 0 saturated carbocycles. The summed E-state index contributed by atoms with van der Waals surface area (Å²) >= 11 is 0. The molecule has 3 aromatic carbocycles. The Morgan fingerprint density at radius 1 is 0.590 bits per heavy atom. The van der Waals surface area contributed by atoms with E-state index in [0.717, 1.165) is 11.1 Å². The summed E-state index contributed by atoms with van der Waals surface area (Å²) in [5.74, 6) is -13.4. The summed E-state index contributed by atoms with van der Waals surface area (Å²) in [4.78, 5) is 31.8. The number of ketones is 2. The largest absolute Gasteiger partial charge is 0.355 e. The van der Waals surface area contributed by atoms with Gasteiger partial charge in [-0.1, -0.05) is 60.2 Å². The van der Waals surface area contributed by atoms with E-state index in [2.05, 4.69) is 9.97 Å². The maximum Gasteiger partial charge on any atom is 0.215 e. The van der Waals surface area contributed by atoms with Crippen molar-refractivity contribution in [1.82, 2.24) is 9.97 Å². The maximum atomic E-state index is 14.3. The van der Waals surface area contributed by atoms with Crippen LogP contribution < -0.4 is 0 Å². The van der Waals surface area contributed by atoms with Crippen molar-refractivity contribution >= 4 is 11.6 Å². The average Bonchev–Trinajstić information content (AvgIpc) is 3.63. The Morgan fingerprint density at radius 3 is 1.62 bits per heavy atom. The Kier molecular flexibility index (Phi) is 6.74. The first-order valence-corrected chi connectivity index (χ1v) is 11.8. The number of aromatic amines is 2. The van der Waals surface area contributed by atoms with Crippen molar-refractivity contribution in [3.8, 4) is 0 Å². The van der Waals surface area contributed by atoms with Crippen LogP contribution >= 0.6 is 0 Å². The molecule has 0 aliphatic rings. The number of carbonyl (C=O) groups is 2. The van der Waals surface area contributed by atoms with Crippen molar-refractivity contribution in [3.63, 3.8) is 0 Å². The minimum absolute atomic E-state index is 0.235. The number of carbonyl (C=O) groups excluding carboxylic acids is 2. The van der Waals surface area contributed by atoms with Crippen molar-refractivity contribution in [2.45, 2.75) is 12.8 Å². The third-order valence-corrected chi connectivity index (χ3v) is 6.41. The molecule has 0 spiro atoms. The van der Waals surface area contributed by atoms with Crippen molar-refractivity contribution in [3.05, 3.63) is 153 Å². The molecule has 196 valence electrons. The first-order valence-electron chi connectivity index (χ1n) is 11.8. The van der Waals surface area contributed by atoms with Gasteiger partial charge in [0.25, 0.3) is 0 Å². The van der Waals surface area contributed by atoms with Crippen molar-refractivity contribution in [1.29, 1.82) is 0 Å². The second kappa shape index (κ2) is 10.2. The lowest BCUT2D eigenvalue weighted by molar-refractivity contribution is 0.102. The average molecular weight is 534 g/mol. The zero-order valence-electron chi connectivity index (χ0n) is 20.3. The summed E-state index contributed by atoms with van der Waals surface area (Å²) in [5.41, 5.74) is 1.56. The molecule has 2 N–H and O–H groups in total. The molecule has 1 atom stereocenters. The van der Waals surface area contributed by atoms with E-state index in [4.69, 9.17) is 0 Å². The number of aromatic nitrogens is 2. The Bertz CT molecular complexity index is 1680. The standard InChI is InChI=1S/C30H19F5N2O2/c1-15-7-9-17(10-8-15)29(38)20-13-11-18(36-20)22(16-5-3-2-4-6-16)19-12-14-21(37-19)30(39)23-24(31)26(33)28(35)27(34)25(23)32/h2-14,22,36-37H,1H3. The van der Waals surface area contributed by atoms with Gasteiger partial charge in [-0.3, -0.25) is 9.59 Å². The molecule has 2 aromatic heterocycles. The van der Waals surface area contributed by atoms with Crippen LogP contribution in [0.4, 0.5) is 22.0 Å². The molecule has 1 unspecified atom stereocenters. The summed E-state index contributed by atoms with van der Waals surface area (Å²) in [6.07, 6.45) is 0. The summed E-state index contributed by atoms with van der Waals surface area (Å²) in [7, 11) is 0. The minimum Gasteiger partial charge on any atom is -0.355 e. The van der Waals surface area contributed by atoms with Gasteiger partial charge in [0.05, 0.1) is 17.3 Å².